The van der Waals surface area contributed by atoms with Crippen molar-refractivity contribution in [3.63, 3.8) is 0 Å². The molecule has 0 aliphatic carbocycles. The molecule has 3 heteroatoms. The molecule has 0 unspecified atom stereocenters. The van der Waals surface area contributed by atoms with Crippen LogP contribution in [0.4, 0.5) is 0 Å². The van der Waals surface area contributed by atoms with Gasteiger partial charge in [0.2, 0.25) is 0 Å². The predicted octanol–water partition coefficient (Wildman–Crippen LogP) is 3.43. The van der Waals surface area contributed by atoms with E-state index in [1.165, 1.54) is 0 Å². The van der Waals surface area contributed by atoms with Crippen molar-refractivity contribution in [2.45, 2.75) is 25.7 Å². The number of thiol groups is 1. The van der Waals surface area contributed by atoms with Crippen LogP contribution in [0.2, 0.25) is 0 Å². The highest BCUT2D eigenvalue weighted by Gasteiger charge is 1.97. The molecule has 0 aliphatic rings. The molecule has 1 N–H and O–H groups in total. The van der Waals surface area contributed by atoms with E-state index in [1.807, 2.05) is 39.0 Å². The molecule has 13 heavy (non-hydrogen) atoms. The van der Waals surface area contributed by atoms with E-state index in [1.54, 1.807) is 0 Å². The second-order valence-electron chi connectivity index (χ2n) is 2.52. The Morgan fingerprint density at radius 1 is 1.38 bits per heavy atom. The van der Waals surface area contributed by atoms with E-state index in [-0.39, 0.29) is 1.43 Å². The van der Waals surface area contributed by atoms with Crippen molar-refractivity contribution < 1.29 is 1.43 Å². The van der Waals surface area contributed by atoms with E-state index in [0.717, 1.165) is 21.8 Å². The summed E-state index contributed by atoms with van der Waals surface area (Å²) in [7, 11) is 0. The van der Waals surface area contributed by atoms with Gasteiger partial charge in [-0.25, -0.2) is 4.98 Å². The molecule has 0 radical (unpaired) electrons. The van der Waals surface area contributed by atoms with Gasteiger partial charge in [0.25, 0.3) is 0 Å². The number of nitrogens with zero attached hydrogens (tertiary/aromatic N) is 1. The summed E-state index contributed by atoms with van der Waals surface area (Å²) in [5.41, 5.74) is 2.05. The topological polar surface area (TPSA) is 28.7 Å². The molecule has 0 saturated carbocycles. The number of hydrogen-bond donors (Lipinski definition) is 2. The number of benzene rings is 1. The molecule has 1 aromatic heterocycles. The van der Waals surface area contributed by atoms with Gasteiger partial charge < -0.3 is 4.98 Å². The normalized spacial score (nSPS) is 9.54. The summed E-state index contributed by atoms with van der Waals surface area (Å²) < 4.78 is 0. The van der Waals surface area contributed by atoms with Gasteiger partial charge in [-0.2, -0.15) is 0 Å². The van der Waals surface area contributed by atoms with Gasteiger partial charge in [-0.1, -0.05) is 13.8 Å². The third-order valence-corrected chi connectivity index (χ3v) is 1.86. The van der Waals surface area contributed by atoms with Crippen LogP contribution >= 0.6 is 12.6 Å². The van der Waals surface area contributed by atoms with Gasteiger partial charge in [0.05, 0.1) is 11.0 Å². The Bertz CT molecular complexity index is 398. The number of hydrogen-bond acceptors (Lipinski definition) is 2. The maximum atomic E-state index is 4.26. The van der Waals surface area contributed by atoms with Gasteiger partial charge in [0.1, 0.15) is 5.82 Å². The van der Waals surface area contributed by atoms with Crippen molar-refractivity contribution in [1.82, 2.24) is 9.97 Å². The summed E-state index contributed by atoms with van der Waals surface area (Å²) in [5, 5.41) is 0. The second kappa shape index (κ2) is 4.33. The van der Waals surface area contributed by atoms with Gasteiger partial charge in [-0.15, -0.1) is 12.6 Å². The highest BCUT2D eigenvalue weighted by atomic mass is 32.1. The van der Waals surface area contributed by atoms with Crippen molar-refractivity contribution >= 4 is 23.7 Å². The summed E-state index contributed by atoms with van der Waals surface area (Å²) in [5.74, 6) is 0.943. The average molecular weight is 196 g/mol. The molecular weight excluding hydrogens is 180 g/mol. The average Bonchev–Trinajstić information content (AvgIpc) is 2.48. The van der Waals surface area contributed by atoms with Crippen molar-refractivity contribution in [2.24, 2.45) is 0 Å². The number of rotatable bonds is 0. The van der Waals surface area contributed by atoms with Crippen LogP contribution in [0.25, 0.3) is 11.0 Å². The predicted molar refractivity (Wildman–Crippen MR) is 61.5 cm³/mol. The number of aromatic amines is 1. The minimum absolute atomic E-state index is 0. The van der Waals surface area contributed by atoms with E-state index in [2.05, 4.69) is 22.6 Å². The quantitative estimate of drug-likeness (QED) is 0.621. The standard InChI is InChI=1S/C8H8N2S.C2H6.H2/c1-5-9-7-3-2-6(11)4-8(7)10-5;1-2;/h2-4,11H,1H3,(H,9,10);1-2H3;1H. The lowest BCUT2D eigenvalue weighted by atomic mass is 10.3. The Kier molecular flexibility index (Phi) is 3.37. The van der Waals surface area contributed by atoms with Gasteiger partial charge in [0.15, 0.2) is 0 Å². The lowest BCUT2D eigenvalue weighted by molar-refractivity contribution is 1.17. The first kappa shape index (κ1) is 10.1. The van der Waals surface area contributed by atoms with Crippen LogP contribution < -0.4 is 0 Å². The summed E-state index contributed by atoms with van der Waals surface area (Å²) in [6, 6.07) is 5.87. The van der Waals surface area contributed by atoms with Crippen molar-refractivity contribution in [3.8, 4) is 0 Å². The van der Waals surface area contributed by atoms with Crippen LogP contribution in [0, 0.1) is 6.92 Å². The molecule has 1 aromatic carbocycles. The number of nitrogens with one attached hydrogen (secondary N) is 1. The molecular formula is C10H16N2S. The molecule has 2 rings (SSSR count). The van der Waals surface area contributed by atoms with Gasteiger partial charge in [-0.3, -0.25) is 0 Å². The van der Waals surface area contributed by atoms with E-state index in [9.17, 15) is 0 Å². The molecule has 0 saturated heterocycles. The minimum atomic E-state index is 0. The summed E-state index contributed by atoms with van der Waals surface area (Å²) >= 11 is 4.22. The van der Waals surface area contributed by atoms with Gasteiger partial charge in [-0.05, 0) is 25.1 Å². The maximum Gasteiger partial charge on any atom is 0.104 e. The van der Waals surface area contributed by atoms with Crippen LogP contribution in [0.15, 0.2) is 23.1 Å². The highest BCUT2D eigenvalue weighted by molar-refractivity contribution is 7.80. The summed E-state index contributed by atoms with van der Waals surface area (Å²) in [6.45, 7) is 5.94. The molecule has 0 amide bonds. The third-order valence-electron chi connectivity index (χ3n) is 1.58. The number of aryl methyl sites for hydroxylation is 1. The zero-order chi connectivity index (χ0) is 9.84. The molecule has 0 fully saturated rings. The monoisotopic (exact) mass is 196 g/mol. The second-order valence-corrected chi connectivity index (χ2v) is 3.04. The van der Waals surface area contributed by atoms with Crippen molar-refractivity contribution in [2.75, 3.05) is 0 Å². The fourth-order valence-electron chi connectivity index (χ4n) is 1.13. The van der Waals surface area contributed by atoms with Crippen LogP contribution in [0.3, 0.4) is 0 Å². The molecule has 0 aliphatic heterocycles. The molecule has 0 atom stereocenters. The number of imidazole rings is 1. The Labute approximate surface area is 85.3 Å². The Morgan fingerprint density at radius 3 is 2.77 bits per heavy atom. The fraction of sp³-hybridized carbons (Fsp3) is 0.300. The molecule has 1 heterocycles. The molecule has 72 valence electrons. The van der Waals surface area contributed by atoms with Gasteiger partial charge in [0, 0.05) is 6.32 Å². The first-order chi connectivity index (χ1) is 6.25. The third kappa shape index (κ3) is 2.25. The zero-order valence-corrected chi connectivity index (χ0v) is 9.02. The van der Waals surface area contributed by atoms with E-state index >= 15 is 0 Å². The SMILES string of the molecule is CC.Cc1nc2ccc(S)cc2[nH]1.[HH]. The Balaban J connectivity index is 0.000000531. The molecule has 2 nitrogen and oxygen atoms in total. The molecule has 0 spiro atoms. The van der Waals surface area contributed by atoms with Crippen LogP contribution in [0.1, 0.15) is 21.1 Å². The molecule has 0 bridgehead atoms. The van der Waals surface area contributed by atoms with E-state index in [0.29, 0.717) is 0 Å². The maximum absolute atomic E-state index is 4.26. The van der Waals surface area contributed by atoms with Crippen LogP contribution in [0.5, 0.6) is 0 Å². The first-order valence-electron chi connectivity index (χ1n) is 4.41. The Morgan fingerprint density at radius 2 is 2.08 bits per heavy atom. The van der Waals surface area contributed by atoms with E-state index < -0.39 is 0 Å². The van der Waals surface area contributed by atoms with Crippen LogP contribution in [-0.2, 0) is 0 Å². The van der Waals surface area contributed by atoms with Crippen molar-refractivity contribution in [3.05, 3.63) is 24.0 Å². The van der Waals surface area contributed by atoms with Crippen molar-refractivity contribution in [1.29, 1.82) is 0 Å². The molecule has 2 aromatic rings. The largest absolute Gasteiger partial charge is 0.342 e. The number of fused-ring (bicyclic) bond motifs is 1. The van der Waals surface area contributed by atoms with E-state index in [4.69, 9.17) is 0 Å². The van der Waals surface area contributed by atoms with Gasteiger partial charge >= 0.3 is 0 Å². The summed E-state index contributed by atoms with van der Waals surface area (Å²) in [4.78, 5) is 8.36. The smallest absolute Gasteiger partial charge is 0.104 e. The number of H-pyrrole nitrogens is 1. The number of aromatic nitrogens is 2. The van der Waals surface area contributed by atoms with Crippen LogP contribution in [-0.4, -0.2) is 9.97 Å². The zero-order valence-electron chi connectivity index (χ0n) is 8.13. The fourth-order valence-corrected chi connectivity index (χ4v) is 1.33. The minimum Gasteiger partial charge on any atom is -0.342 e. The highest BCUT2D eigenvalue weighted by Crippen LogP contribution is 2.15. The summed E-state index contributed by atoms with van der Waals surface area (Å²) in [6.07, 6.45) is 0. The first-order valence-corrected chi connectivity index (χ1v) is 4.86. The lowest BCUT2D eigenvalue weighted by Crippen LogP contribution is -1.68. The Hall–Kier alpha value is -0.960. The lowest BCUT2D eigenvalue weighted by Gasteiger charge is -1.88.